The molecule has 0 bridgehead atoms. The van der Waals surface area contributed by atoms with Crippen LogP contribution in [0, 0.1) is 5.41 Å². The second-order valence-electron chi connectivity index (χ2n) is 6.50. The van der Waals surface area contributed by atoms with E-state index in [-0.39, 0.29) is 4.90 Å². The lowest BCUT2D eigenvalue weighted by molar-refractivity contribution is 0.378. The molecular formula is C15H25N3O2S. The number of nitrogens with one attached hydrogen (secondary N) is 2. The molecule has 4 N–H and O–H groups in total. The molecular weight excluding hydrogens is 286 g/mol. The minimum absolute atomic E-state index is 0.248. The summed E-state index contributed by atoms with van der Waals surface area (Å²) in [5.74, 6) is 0. The first kappa shape index (κ1) is 16.1. The van der Waals surface area contributed by atoms with Gasteiger partial charge < -0.3 is 11.1 Å². The monoisotopic (exact) mass is 311 g/mol. The molecule has 1 aliphatic rings. The average Bonchev–Trinajstić information content (AvgIpc) is 2.71. The molecule has 118 valence electrons. The maximum Gasteiger partial charge on any atom is 0.240 e. The summed E-state index contributed by atoms with van der Waals surface area (Å²) in [6.07, 6.45) is 3.31. The number of anilines is 2. The van der Waals surface area contributed by atoms with Crippen molar-refractivity contribution in [1.82, 2.24) is 4.72 Å². The van der Waals surface area contributed by atoms with Gasteiger partial charge in [-0.25, -0.2) is 13.1 Å². The molecule has 0 spiro atoms. The second-order valence-corrected chi connectivity index (χ2v) is 8.27. The number of hydrogen-bond acceptors (Lipinski definition) is 4. The SMILES string of the molecule is CCNS(=O)(=O)c1ccc(N)c(NC2CCC(C)(C)C2)c1. The zero-order chi connectivity index (χ0) is 15.7. The number of rotatable bonds is 5. The highest BCUT2D eigenvalue weighted by molar-refractivity contribution is 7.89. The van der Waals surface area contributed by atoms with Crippen molar-refractivity contribution in [2.24, 2.45) is 5.41 Å². The van der Waals surface area contributed by atoms with Gasteiger partial charge in [0.25, 0.3) is 0 Å². The van der Waals surface area contributed by atoms with E-state index in [0.717, 1.165) is 12.8 Å². The van der Waals surface area contributed by atoms with Crippen LogP contribution >= 0.6 is 0 Å². The van der Waals surface area contributed by atoms with Crippen molar-refractivity contribution in [1.29, 1.82) is 0 Å². The van der Waals surface area contributed by atoms with E-state index in [0.29, 0.717) is 29.4 Å². The Morgan fingerprint density at radius 2 is 2.10 bits per heavy atom. The third-order valence-electron chi connectivity index (χ3n) is 4.00. The molecule has 1 aliphatic carbocycles. The highest BCUT2D eigenvalue weighted by Crippen LogP contribution is 2.39. The summed E-state index contributed by atoms with van der Waals surface area (Å²) >= 11 is 0. The molecule has 0 amide bonds. The topological polar surface area (TPSA) is 84.2 Å². The van der Waals surface area contributed by atoms with Crippen LogP contribution in [0.2, 0.25) is 0 Å². The molecule has 0 radical (unpaired) electrons. The number of nitrogens with two attached hydrogens (primary N) is 1. The lowest BCUT2D eigenvalue weighted by Crippen LogP contribution is -2.24. The van der Waals surface area contributed by atoms with Gasteiger partial charge in [-0.1, -0.05) is 20.8 Å². The quantitative estimate of drug-likeness (QED) is 0.730. The van der Waals surface area contributed by atoms with Gasteiger partial charge in [-0.05, 0) is 42.9 Å². The lowest BCUT2D eigenvalue weighted by Gasteiger charge is -2.20. The second kappa shape index (κ2) is 5.85. The molecule has 5 nitrogen and oxygen atoms in total. The molecule has 6 heteroatoms. The van der Waals surface area contributed by atoms with E-state index >= 15 is 0 Å². The summed E-state index contributed by atoms with van der Waals surface area (Å²) in [5, 5.41) is 3.40. The molecule has 1 unspecified atom stereocenters. The van der Waals surface area contributed by atoms with Gasteiger partial charge in [0, 0.05) is 12.6 Å². The first-order valence-corrected chi connectivity index (χ1v) is 8.87. The minimum Gasteiger partial charge on any atom is -0.397 e. The van der Waals surface area contributed by atoms with E-state index in [1.807, 2.05) is 0 Å². The normalized spacial score (nSPS) is 21.4. The van der Waals surface area contributed by atoms with Crippen molar-refractivity contribution in [2.75, 3.05) is 17.6 Å². The van der Waals surface area contributed by atoms with Gasteiger partial charge in [-0.3, -0.25) is 0 Å². The van der Waals surface area contributed by atoms with Crippen LogP contribution in [-0.2, 0) is 10.0 Å². The van der Waals surface area contributed by atoms with Crippen LogP contribution in [0.25, 0.3) is 0 Å². The summed E-state index contributed by atoms with van der Waals surface area (Å²) in [5.41, 5.74) is 7.59. The average molecular weight is 311 g/mol. The van der Waals surface area contributed by atoms with Crippen molar-refractivity contribution >= 4 is 21.4 Å². The van der Waals surface area contributed by atoms with Gasteiger partial charge in [-0.15, -0.1) is 0 Å². The molecule has 1 aromatic carbocycles. The predicted octanol–water partition coefficient (Wildman–Crippen LogP) is 2.56. The van der Waals surface area contributed by atoms with E-state index < -0.39 is 10.0 Å². The molecule has 1 saturated carbocycles. The zero-order valence-electron chi connectivity index (χ0n) is 12.9. The summed E-state index contributed by atoms with van der Waals surface area (Å²) in [7, 11) is -3.45. The van der Waals surface area contributed by atoms with Crippen LogP contribution in [0.5, 0.6) is 0 Å². The predicted molar refractivity (Wildman–Crippen MR) is 86.8 cm³/mol. The largest absolute Gasteiger partial charge is 0.397 e. The molecule has 0 aromatic heterocycles. The van der Waals surface area contributed by atoms with Crippen LogP contribution in [0.4, 0.5) is 11.4 Å². The van der Waals surface area contributed by atoms with E-state index in [4.69, 9.17) is 5.73 Å². The van der Waals surface area contributed by atoms with Crippen molar-refractivity contribution in [3.05, 3.63) is 18.2 Å². The Hall–Kier alpha value is -1.27. The van der Waals surface area contributed by atoms with Crippen molar-refractivity contribution in [3.8, 4) is 0 Å². The maximum absolute atomic E-state index is 12.1. The molecule has 0 aliphatic heterocycles. The Bertz CT molecular complexity index is 611. The Kier molecular flexibility index (Phi) is 4.49. The molecule has 0 heterocycles. The summed E-state index contributed by atoms with van der Waals surface area (Å²) in [6, 6.07) is 5.15. The summed E-state index contributed by atoms with van der Waals surface area (Å²) < 4.78 is 26.6. The van der Waals surface area contributed by atoms with Gasteiger partial charge in [0.2, 0.25) is 10.0 Å². The smallest absolute Gasteiger partial charge is 0.240 e. The zero-order valence-corrected chi connectivity index (χ0v) is 13.8. The van der Waals surface area contributed by atoms with Crippen molar-refractivity contribution in [3.63, 3.8) is 0 Å². The van der Waals surface area contributed by atoms with E-state index in [1.54, 1.807) is 19.1 Å². The third-order valence-corrected chi connectivity index (χ3v) is 5.54. The fraction of sp³-hybridized carbons (Fsp3) is 0.600. The highest BCUT2D eigenvalue weighted by Gasteiger charge is 2.31. The van der Waals surface area contributed by atoms with Crippen LogP contribution in [0.1, 0.15) is 40.0 Å². The highest BCUT2D eigenvalue weighted by atomic mass is 32.2. The van der Waals surface area contributed by atoms with Crippen LogP contribution in [0.15, 0.2) is 23.1 Å². The Labute approximate surface area is 127 Å². The lowest BCUT2D eigenvalue weighted by atomic mass is 9.92. The molecule has 21 heavy (non-hydrogen) atoms. The van der Waals surface area contributed by atoms with E-state index in [2.05, 4.69) is 23.9 Å². The standard InChI is InChI=1S/C15H25N3O2S/c1-4-17-21(19,20)12-5-6-13(16)14(9-12)18-11-7-8-15(2,3)10-11/h5-6,9,11,17-18H,4,7-8,10,16H2,1-3H3. The number of nitrogen functional groups attached to an aromatic ring is 1. The van der Waals surface area contributed by atoms with Crippen LogP contribution in [0.3, 0.4) is 0 Å². The van der Waals surface area contributed by atoms with Gasteiger partial charge in [-0.2, -0.15) is 0 Å². The molecule has 1 fully saturated rings. The summed E-state index contributed by atoms with van der Waals surface area (Å²) in [6.45, 7) is 6.63. The fourth-order valence-corrected chi connectivity index (χ4v) is 3.95. The van der Waals surface area contributed by atoms with Crippen molar-refractivity contribution in [2.45, 2.75) is 51.0 Å². The van der Waals surface area contributed by atoms with Gasteiger partial charge in [0.05, 0.1) is 16.3 Å². The number of sulfonamides is 1. The third kappa shape index (κ3) is 3.89. The molecule has 1 atom stereocenters. The van der Waals surface area contributed by atoms with E-state index in [1.165, 1.54) is 12.5 Å². The maximum atomic E-state index is 12.1. The first-order chi connectivity index (χ1) is 9.73. The summed E-state index contributed by atoms with van der Waals surface area (Å²) in [4.78, 5) is 0.248. The number of benzene rings is 1. The Morgan fingerprint density at radius 1 is 1.38 bits per heavy atom. The molecule has 1 aromatic rings. The van der Waals surface area contributed by atoms with Gasteiger partial charge in [0.1, 0.15) is 0 Å². The molecule has 2 rings (SSSR count). The van der Waals surface area contributed by atoms with Crippen LogP contribution in [-0.4, -0.2) is 21.0 Å². The fourth-order valence-electron chi connectivity index (χ4n) is 2.88. The van der Waals surface area contributed by atoms with Crippen LogP contribution < -0.4 is 15.8 Å². The number of hydrogen-bond donors (Lipinski definition) is 3. The van der Waals surface area contributed by atoms with Crippen molar-refractivity contribution < 1.29 is 8.42 Å². The van der Waals surface area contributed by atoms with Gasteiger partial charge in [0.15, 0.2) is 0 Å². The first-order valence-electron chi connectivity index (χ1n) is 7.39. The molecule has 0 saturated heterocycles. The Balaban J connectivity index is 2.21. The minimum atomic E-state index is -3.45. The van der Waals surface area contributed by atoms with Gasteiger partial charge >= 0.3 is 0 Å². The van der Waals surface area contributed by atoms with E-state index in [9.17, 15) is 8.42 Å². The Morgan fingerprint density at radius 3 is 2.67 bits per heavy atom.